The Balaban J connectivity index is 2.14. The molecular weight excluding hydrogens is 340 g/mol. The molecule has 0 saturated carbocycles. The molecule has 26 heavy (non-hydrogen) atoms. The first-order valence-corrected chi connectivity index (χ1v) is 8.77. The molecular formula is C23H17ClN2. The Morgan fingerprint density at radius 3 is 1.38 bits per heavy atom. The highest BCUT2D eigenvalue weighted by Gasteiger charge is 2.33. The van der Waals surface area contributed by atoms with Gasteiger partial charge in [0, 0.05) is 10.9 Å². The van der Waals surface area contributed by atoms with Crippen LogP contribution >= 0.6 is 11.6 Å². The maximum atomic E-state index is 9.97. The zero-order valence-corrected chi connectivity index (χ0v) is 14.8. The number of rotatable bonds is 5. The average Bonchev–Trinajstić information content (AvgIpc) is 2.70. The number of nitriles is 2. The Bertz CT molecular complexity index is 864. The van der Waals surface area contributed by atoms with Crippen LogP contribution in [-0.4, -0.2) is 0 Å². The van der Waals surface area contributed by atoms with Crippen molar-refractivity contribution in [1.82, 2.24) is 0 Å². The number of hydrogen-bond acceptors (Lipinski definition) is 2. The third-order valence-electron chi connectivity index (χ3n) is 4.57. The van der Waals surface area contributed by atoms with E-state index in [0.29, 0.717) is 5.02 Å². The molecule has 0 radical (unpaired) electrons. The summed E-state index contributed by atoms with van der Waals surface area (Å²) in [6.45, 7) is 0. The van der Waals surface area contributed by atoms with Crippen molar-refractivity contribution >= 4 is 11.6 Å². The van der Waals surface area contributed by atoms with Crippen LogP contribution < -0.4 is 0 Å². The summed E-state index contributed by atoms with van der Waals surface area (Å²) in [5.41, 5.74) is 2.75. The molecule has 0 aromatic heterocycles. The molecule has 3 aromatic carbocycles. The lowest BCUT2D eigenvalue weighted by Crippen LogP contribution is -2.18. The van der Waals surface area contributed by atoms with Gasteiger partial charge < -0.3 is 0 Å². The van der Waals surface area contributed by atoms with Gasteiger partial charge >= 0.3 is 0 Å². The highest BCUT2D eigenvalue weighted by atomic mass is 35.5. The van der Waals surface area contributed by atoms with Gasteiger partial charge in [0.2, 0.25) is 0 Å². The van der Waals surface area contributed by atoms with E-state index in [2.05, 4.69) is 12.1 Å². The van der Waals surface area contributed by atoms with Crippen LogP contribution in [0.25, 0.3) is 0 Å². The van der Waals surface area contributed by atoms with Crippen LogP contribution in [0.2, 0.25) is 5.02 Å². The molecule has 3 heteroatoms. The van der Waals surface area contributed by atoms with Gasteiger partial charge in [0.1, 0.15) is 0 Å². The Hall–Kier alpha value is -3.07. The maximum absolute atomic E-state index is 9.97. The molecule has 126 valence electrons. The lowest BCUT2D eigenvalue weighted by atomic mass is 9.72. The summed E-state index contributed by atoms with van der Waals surface area (Å²) in [6.07, 6.45) is 0. The Morgan fingerprint density at radius 2 is 1.00 bits per heavy atom. The minimum Gasteiger partial charge on any atom is -0.198 e. The lowest BCUT2D eigenvalue weighted by molar-refractivity contribution is 0.577. The van der Waals surface area contributed by atoms with Crippen LogP contribution in [0.5, 0.6) is 0 Å². The van der Waals surface area contributed by atoms with Crippen molar-refractivity contribution in [3.8, 4) is 12.1 Å². The molecule has 0 aliphatic carbocycles. The molecule has 0 bridgehead atoms. The summed E-state index contributed by atoms with van der Waals surface area (Å²) in [4.78, 5) is 0. The van der Waals surface area contributed by atoms with Gasteiger partial charge in [-0.15, -0.1) is 0 Å². The monoisotopic (exact) mass is 356 g/mol. The maximum Gasteiger partial charge on any atom is 0.0797 e. The largest absolute Gasteiger partial charge is 0.198 e. The van der Waals surface area contributed by atoms with Gasteiger partial charge in [0.25, 0.3) is 0 Å². The van der Waals surface area contributed by atoms with E-state index >= 15 is 0 Å². The predicted octanol–water partition coefficient (Wildman–Crippen LogP) is 6.04. The standard InChI is InChI=1S/C23H17ClN2/c24-20-13-11-19(12-14-20)23(21(15-25)17-7-3-1-4-8-17)22(16-26)18-9-5-2-6-10-18/h1-14,21-23H. The molecule has 3 aromatic rings. The molecule has 2 nitrogen and oxygen atoms in total. The van der Waals surface area contributed by atoms with Gasteiger partial charge in [0.05, 0.1) is 24.0 Å². The number of benzene rings is 3. The highest BCUT2D eigenvalue weighted by molar-refractivity contribution is 6.30. The molecule has 0 N–H and O–H groups in total. The fourth-order valence-corrected chi connectivity index (χ4v) is 3.43. The molecule has 0 spiro atoms. The van der Waals surface area contributed by atoms with E-state index < -0.39 is 11.8 Å². The van der Waals surface area contributed by atoms with E-state index in [9.17, 15) is 10.5 Å². The second-order valence-corrected chi connectivity index (χ2v) is 6.55. The van der Waals surface area contributed by atoms with Crippen molar-refractivity contribution in [3.63, 3.8) is 0 Å². The quantitative estimate of drug-likeness (QED) is 0.559. The van der Waals surface area contributed by atoms with Gasteiger partial charge in [-0.05, 0) is 28.8 Å². The summed E-state index contributed by atoms with van der Waals surface area (Å²) >= 11 is 6.05. The first kappa shape index (κ1) is 17.7. The Morgan fingerprint density at radius 1 is 0.577 bits per heavy atom. The number of halogens is 1. The molecule has 0 aliphatic rings. The van der Waals surface area contributed by atoms with Gasteiger partial charge in [-0.25, -0.2) is 0 Å². The summed E-state index contributed by atoms with van der Waals surface area (Å²) in [6, 6.07) is 31.6. The minimum atomic E-state index is -0.442. The summed E-state index contributed by atoms with van der Waals surface area (Å²) in [5.74, 6) is -1.18. The summed E-state index contributed by atoms with van der Waals surface area (Å²) < 4.78 is 0. The first-order chi connectivity index (χ1) is 12.7. The van der Waals surface area contributed by atoms with Gasteiger partial charge in [-0.1, -0.05) is 84.4 Å². The van der Waals surface area contributed by atoms with Gasteiger partial charge in [0.15, 0.2) is 0 Å². The van der Waals surface area contributed by atoms with Crippen molar-refractivity contribution in [1.29, 1.82) is 10.5 Å². The summed E-state index contributed by atoms with van der Waals surface area (Å²) in [5, 5.41) is 20.6. The number of hydrogen-bond donors (Lipinski definition) is 0. The average molecular weight is 357 g/mol. The molecule has 0 fully saturated rings. The Kier molecular flexibility index (Phi) is 5.69. The van der Waals surface area contributed by atoms with Crippen LogP contribution in [0, 0.1) is 22.7 Å². The van der Waals surface area contributed by atoms with E-state index in [0.717, 1.165) is 16.7 Å². The molecule has 0 aliphatic heterocycles. The van der Waals surface area contributed by atoms with Crippen LogP contribution in [0.1, 0.15) is 34.4 Å². The van der Waals surface area contributed by atoms with Gasteiger partial charge in [-0.2, -0.15) is 10.5 Å². The zero-order valence-electron chi connectivity index (χ0n) is 14.1. The second kappa shape index (κ2) is 8.34. The first-order valence-electron chi connectivity index (χ1n) is 8.39. The van der Waals surface area contributed by atoms with Crippen LogP contribution in [0.4, 0.5) is 0 Å². The van der Waals surface area contributed by atoms with Crippen molar-refractivity contribution in [2.45, 2.75) is 17.8 Å². The van der Waals surface area contributed by atoms with Crippen molar-refractivity contribution in [2.24, 2.45) is 0 Å². The normalized spacial score (nSPS) is 13.8. The zero-order chi connectivity index (χ0) is 18.4. The molecule has 2 unspecified atom stereocenters. The van der Waals surface area contributed by atoms with E-state index in [1.807, 2.05) is 84.9 Å². The lowest BCUT2D eigenvalue weighted by Gasteiger charge is -2.27. The van der Waals surface area contributed by atoms with E-state index in [4.69, 9.17) is 11.6 Å². The topological polar surface area (TPSA) is 47.6 Å². The smallest absolute Gasteiger partial charge is 0.0797 e. The summed E-state index contributed by atoms with van der Waals surface area (Å²) in [7, 11) is 0. The van der Waals surface area contributed by atoms with Crippen molar-refractivity contribution < 1.29 is 0 Å². The van der Waals surface area contributed by atoms with E-state index in [1.54, 1.807) is 0 Å². The molecule has 0 amide bonds. The molecule has 2 atom stereocenters. The van der Waals surface area contributed by atoms with Crippen LogP contribution in [-0.2, 0) is 0 Å². The van der Waals surface area contributed by atoms with Crippen LogP contribution in [0.3, 0.4) is 0 Å². The van der Waals surface area contributed by atoms with Crippen LogP contribution in [0.15, 0.2) is 84.9 Å². The van der Waals surface area contributed by atoms with Gasteiger partial charge in [-0.3, -0.25) is 0 Å². The second-order valence-electron chi connectivity index (χ2n) is 6.11. The molecule has 0 saturated heterocycles. The van der Waals surface area contributed by atoms with Crippen molar-refractivity contribution in [3.05, 3.63) is 107 Å². The fourth-order valence-electron chi connectivity index (χ4n) is 3.31. The fraction of sp³-hybridized carbons (Fsp3) is 0.130. The van der Waals surface area contributed by atoms with E-state index in [-0.39, 0.29) is 5.92 Å². The molecule has 0 heterocycles. The third kappa shape index (κ3) is 3.77. The van der Waals surface area contributed by atoms with Crippen molar-refractivity contribution in [2.75, 3.05) is 0 Å². The minimum absolute atomic E-state index is 0.299. The number of nitrogens with zero attached hydrogens (tertiary/aromatic N) is 2. The van der Waals surface area contributed by atoms with E-state index in [1.165, 1.54) is 0 Å². The highest BCUT2D eigenvalue weighted by Crippen LogP contribution is 2.43. The Labute approximate surface area is 158 Å². The SMILES string of the molecule is N#CC(c1ccccc1)C(c1ccc(Cl)cc1)C(C#N)c1ccccc1. The third-order valence-corrected chi connectivity index (χ3v) is 4.82. The predicted molar refractivity (Wildman–Crippen MR) is 104 cm³/mol. The molecule has 3 rings (SSSR count).